The van der Waals surface area contributed by atoms with Gasteiger partial charge in [-0.25, -0.2) is 5.43 Å². The number of nitrogens with two attached hydrogens (primary N) is 1. The molecule has 6 nitrogen and oxygen atoms in total. The molecule has 0 saturated heterocycles. The first-order chi connectivity index (χ1) is 6.07. The summed E-state index contributed by atoms with van der Waals surface area (Å²) in [5.41, 5.74) is 7.55. The highest BCUT2D eigenvalue weighted by molar-refractivity contribution is 5.79. The van der Waals surface area contributed by atoms with Gasteiger partial charge in [0.1, 0.15) is 5.84 Å². The van der Waals surface area contributed by atoms with Crippen molar-refractivity contribution in [3.05, 3.63) is 0 Å². The Labute approximate surface area is 77.3 Å². The first kappa shape index (κ1) is 11.5. The van der Waals surface area contributed by atoms with E-state index in [0.29, 0.717) is 12.3 Å². The van der Waals surface area contributed by atoms with Crippen molar-refractivity contribution in [2.75, 3.05) is 0 Å². The number of amides is 1. The van der Waals surface area contributed by atoms with Gasteiger partial charge in [0.15, 0.2) is 0 Å². The molecule has 13 heavy (non-hydrogen) atoms. The van der Waals surface area contributed by atoms with Gasteiger partial charge in [-0.2, -0.15) is 0 Å². The normalized spacial score (nSPS) is 12.5. The molecule has 3 N–H and O–H groups in total. The Morgan fingerprint density at radius 3 is 2.62 bits per heavy atom. The van der Waals surface area contributed by atoms with Crippen LogP contribution < -0.4 is 11.2 Å². The van der Waals surface area contributed by atoms with Crippen LogP contribution in [-0.4, -0.2) is 11.7 Å². The largest absolute Gasteiger partial charge is 0.386 e. The lowest BCUT2D eigenvalue weighted by atomic mass is 10.2. The Kier molecular flexibility index (Phi) is 5.42. The average molecular weight is 185 g/mol. The predicted octanol–water partition coefficient (Wildman–Crippen LogP) is 0.808. The molecule has 0 radical (unpaired) electrons. The molecule has 0 saturated carbocycles. The zero-order chi connectivity index (χ0) is 10.3. The van der Waals surface area contributed by atoms with Crippen molar-refractivity contribution in [2.24, 2.45) is 27.2 Å². The molecule has 0 bridgehead atoms. The minimum Gasteiger partial charge on any atom is -0.386 e. The fraction of sp³-hybridized carbons (Fsp3) is 0.714. The van der Waals surface area contributed by atoms with Crippen LogP contribution in [0.15, 0.2) is 15.5 Å². The number of rotatable bonds is 4. The molecule has 0 spiro atoms. The molecule has 0 rings (SSSR count). The number of amidine groups is 1. The second-order valence-electron chi connectivity index (χ2n) is 2.77. The van der Waals surface area contributed by atoms with Gasteiger partial charge >= 0.3 is 0 Å². The standard InChI is InChI=1S/C7H15N5O/c1-4-6(8)9-11-12-10-7(13)5(2)3/h5H,4H2,1-3H3,(H2,8,9,12)(H,10,11,13). The highest BCUT2D eigenvalue weighted by Gasteiger charge is 2.03. The number of nitrogens with zero attached hydrogens (tertiary/aromatic N) is 3. The summed E-state index contributed by atoms with van der Waals surface area (Å²) in [4.78, 5) is 10.9. The quantitative estimate of drug-likeness (QED) is 0.293. The van der Waals surface area contributed by atoms with Crippen LogP contribution in [0.5, 0.6) is 0 Å². The van der Waals surface area contributed by atoms with Gasteiger partial charge < -0.3 is 5.73 Å². The summed E-state index contributed by atoms with van der Waals surface area (Å²) in [5, 5.41) is 10.2. The summed E-state index contributed by atoms with van der Waals surface area (Å²) in [6.45, 7) is 5.37. The molecule has 0 aliphatic carbocycles. The fourth-order valence-corrected chi connectivity index (χ4v) is 0.351. The summed E-state index contributed by atoms with van der Waals surface area (Å²) in [7, 11) is 0. The smallest absolute Gasteiger partial charge is 0.244 e. The summed E-state index contributed by atoms with van der Waals surface area (Å²) in [5.74, 6) is 0.0583. The Bertz CT molecular complexity index is 221. The number of hydrogen-bond acceptors (Lipinski definition) is 3. The third-order valence-electron chi connectivity index (χ3n) is 1.26. The maximum Gasteiger partial charge on any atom is 0.244 e. The minimum atomic E-state index is -0.200. The van der Waals surface area contributed by atoms with Crippen LogP contribution in [0.2, 0.25) is 0 Å². The van der Waals surface area contributed by atoms with Crippen LogP contribution in [0, 0.1) is 5.92 Å². The summed E-state index contributed by atoms with van der Waals surface area (Å²) >= 11 is 0. The van der Waals surface area contributed by atoms with Crippen molar-refractivity contribution in [2.45, 2.75) is 27.2 Å². The van der Waals surface area contributed by atoms with Crippen molar-refractivity contribution in [3.63, 3.8) is 0 Å². The molecule has 74 valence electrons. The Morgan fingerprint density at radius 2 is 2.15 bits per heavy atom. The Hall–Kier alpha value is -1.46. The van der Waals surface area contributed by atoms with E-state index >= 15 is 0 Å². The molecule has 0 aromatic heterocycles. The maximum atomic E-state index is 10.9. The van der Waals surface area contributed by atoms with Crippen molar-refractivity contribution in [3.8, 4) is 0 Å². The van der Waals surface area contributed by atoms with E-state index in [2.05, 4.69) is 21.0 Å². The van der Waals surface area contributed by atoms with Gasteiger partial charge in [-0.05, 0) is 10.4 Å². The second-order valence-corrected chi connectivity index (χ2v) is 2.77. The minimum absolute atomic E-state index is 0.119. The molecule has 0 unspecified atom stereocenters. The molecule has 0 aliphatic heterocycles. The average Bonchev–Trinajstić information content (AvgIpc) is 2.11. The molecule has 0 heterocycles. The van der Waals surface area contributed by atoms with E-state index in [1.807, 2.05) is 6.92 Å². The van der Waals surface area contributed by atoms with Gasteiger partial charge in [-0.3, -0.25) is 4.79 Å². The van der Waals surface area contributed by atoms with Gasteiger partial charge in [0, 0.05) is 12.3 Å². The van der Waals surface area contributed by atoms with E-state index in [4.69, 9.17) is 5.73 Å². The third-order valence-corrected chi connectivity index (χ3v) is 1.26. The number of carbonyl (C=O) groups excluding carboxylic acids is 1. The van der Waals surface area contributed by atoms with E-state index in [1.54, 1.807) is 13.8 Å². The molecule has 1 amide bonds. The zero-order valence-corrected chi connectivity index (χ0v) is 8.11. The molecular formula is C7H15N5O. The van der Waals surface area contributed by atoms with Gasteiger partial charge in [0.25, 0.3) is 0 Å². The number of nitrogens with one attached hydrogen (secondary N) is 1. The van der Waals surface area contributed by atoms with Crippen molar-refractivity contribution >= 4 is 11.7 Å². The first-order valence-corrected chi connectivity index (χ1v) is 4.09. The molecule has 0 fully saturated rings. The Balaban J connectivity index is 3.83. The van der Waals surface area contributed by atoms with Gasteiger partial charge in [-0.15, -0.1) is 5.10 Å². The van der Waals surface area contributed by atoms with Crippen LogP contribution in [0.3, 0.4) is 0 Å². The van der Waals surface area contributed by atoms with Crippen LogP contribution in [-0.2, 0) is 4.79 Å². The van der Waals surface area contributed by atoms with Crippen LogP contribution in [0.25, 0.3) is 0 Å². The van der Waals surface area contributed by atoms with E-state index < -0.39 is 0 Å². The molecule has 0 atom stereocenters. The third kappa shape index (κ3) is 5.77. The summed E-state index contributed by atoms with van der Waals surface area (Å²) in [6, 6.07) is 0. The van der Waals surface area contributed by atoms with Crippen LogP contribution >= 0.6 is 0 Å². The van der Waals surface area contributed by atoms with Gasteiger partial charge in [0.05, 0.1) is 0 Å². The van der Waals surface area contributed by atoms with Crippen molar-refractivity contribution in [1.29, 1.82) is 0 Å². The lowest BCUT2D eigenvalue weighted by molar-refractivity contribution is -0.124. The topological polar surface area (TPSA) is 92.2 Å². The highest BCUT2D eigenvalue weighted by Crippen LogP contribution is 1.90. The number of hydrogen-bond donors (Lipinski definition) is 2. The zero-order valence-electron chi connectivity index (χ0n) is 8.11. The highest BCUT2D eigenvalue weighted by atomic mass is 16.2. The monoisotopic (exact) mass is 185 g/mol. The maximum absolute atomic E-state index is 10.9. The first-order valence-electron chi connectivity index (χ1n) is 4.09. The van der Waals surface area contributed by atoms with E-state index in [0.717, 1.165) is 0 Å². The summed E-state index contributed by atoms with van der Waals surface area (Å²) in [6.07, 6.45) is 0.608. The molecule has 0 aromatic carbocycles. The SMILES string of the molecule is CC/C(N)=N/N=NNC(=O)C(C)C. The van der Waals surface area contributed by atoms with Crippen molar-refractivity contribution in [1.82, 2.24) is 5.43 Å². The van der Waals surface area contributed by atoms with Crippen LogP contribution in [0.4, 0.5) is 0 Å². The Morgan fingerprint density at radius 1 is 1.54 bits per heavy atom. The summed E-state index contributed by atoms with van der Waals surface area (Å²) < 4.78 is 0. The van der Waals surface area contributed by atoms with Gasteiger partial charge in [0.2, 0.25) is 5.91 Å². The molecular weight excluding hydrogens is 170 g/mol. The van der Waals surface area contributed by atoms with Crippen molar-refractivity contribution < 1.29 is 4.79 Å². The van der Waals surface area contributed by atoms with E-state index in [-0.39, 0.29) is 11.8 Å². The van der Waals surface area contributed by atoms with Gasteiger partial charge in [-0.1, -0.05) is 20.8 Å². The lowest BCUT2D eigenvalue weighted by Crippen LogP contribution is -2.22. The van der Waals surface area contributed by atoms with E-state index in [1.165, 1.54) is 0 Å². The second kappa shape index (κ2) is 6.10. The molecule has 0 aliphatic rings. The fourth-order valence-electron chi connectivity index (χ4n) is 0.351. The number of carbonyl (C=O) groups is 1. The van der Waals surface area contributed by atoms with E-state index in [9.17, 15) is 4.79 Å². The molecule has 6 heteroatoms. The predicted molar refractivity (Wildman–Crippen MR) is 49.8 cm³/mol. The molecule has 0 aromatic rings. The lowest BCUT2D eigenvalue weighted by Gasteiger charge is -1.98. The van der Waals surface area contributed by atoms with Crippen LogP contribution in [0.1, 0.15) is 27.2 Å².